The van der Waals surface area contributed by atoms with E-state index in [-0.39, 0.29) is 3.79 Å². The van der Waals surface area contributed by atoms with Gasteiger partial charge in [0.2, 0.25) is 0 Å². The molecule has 5 heteroatoms. The van der Waals surface area contributed by atoms with Crippen LogP contribution in [-0.2, 0) is 11.2 Å². The van der Waals surface area contributed by atoms with E-state index in [2.05, 4.69) is 16.4 Å². The van der Waals surface area contributed by atoms with Crippen LogP contribution in [0.5, 0.6) is 0 Å². The standard InChI is InChI=1S/C15H11IN2OS/c16-14(19)9-10-5-7-11(8-6-10)17-15-18-12-3-1-2-4-13(12)20-15/h1-8H,9H2,(H,17,18). The van der Waals surface area contributed by atoms with Crippen molar-refractivity contribution >= 4 is 58.8 Å². The number of fused-ring (bicyclic) bond motifs is 1. The summed E-state index contributed by atoms with van der Waals surface area (Å²) < 4.78 is 1.32. The summed E-state index contributed by atoms with van der Waals surface area (Å²) in [5, 5.41) is 4.17. The molecule has 2 aromatic carbocycles. The summed E-state index contributed by atoms with van der Waals surface area (Å²) in [7, 11) is 0. The molecule has 3 rings (SSSR count). The zero-order valence-electron chi connectivity index (χ0n) is 10.5. The second-order valence-electron chi connectivity index (χ2n) is 4.34. The van der Waals surface area contributed by atoms with Crippen molar-refractivity contribution in [2.45, 2.75) is 6.42 Å². The van der Waals surface area contributed by atoms with Gasteiger partial charge in [0.15, 0.2) is 8.92 Å². The summed E-state index contributed by atoms with van der Waals surface area (Å²) in [5.41, 5.74) is 3.01. The average Bonchev–Trinajstić information content (AvgIpc) is 2.82. The molecule has 0 bridgehead atoms. The summed E-state index contributed by atoms with van der Waals surface area (Å²) in [6, 6.07) is 15.9. The number of halogens is 1. The summed E-state index contributed by atoms with van der Waals surface area (Å²) in [6.07, 6.45) is 0.474. The molecular formula is C15H11IN2OS. The van der Waals surface area contributed by atoms with Gasteiger partial charge in [0.05, 0.1) is 10.2 Å². The lowest BCUT2D eigenvalue weighted by molar-refractivity contribution is -0.108. The van der Waals surface area contributed by atoms with E-state index in [0.717, 1.165) is 21.9 Å². The van der Waals surface area contributed by atoms with E-state index in [1.54, 1.807) is 11.3 Å². The van der Waals surface area contributed by atoms with Crippen LogP contribution in [0.3, 0.4) is 0 Å². The van der Waals surface area contributed by atoms with Crippen LogP contribution in [0, 0.1) is 0 Å². The maximum Gasteiger partial charge on any atom is 0.196 e. The number of aromatic nitrogens is 1. The molecule has 0 amide bonds. The Morgan fingerprint density at radius 3 is 2.60 bits per heavy atom. The fourth-order valence-electron chi connectivity index (χ4n) is 1.92. The van der Waals surface area contributed by atoms with Gasteiger partial charge in [0.1, 0.15) is 0 Å². The molecule has 100 valence electrons. The number of nitrogens with one attached hydrogen (secondary N) is 1. The molecule has 0 saturated heterocycles. The van der Waals surface area contributed by atoms with Crippen molar-refractivity contribution in [2.24, 2.45) is 0 Å². The molecule has 0 aliphatic heterocycles. The van der Waals surface area contributed by atoms with E-state index in [9.17, 15) is 4.79 Å². The molecule has 1 heterocycles. The monoisotopic (exact) mass is 394 g/mol. The first-order valence-corrected chi connectivity index (χ1v) is 8.00. The number of carbonyl (C=O) groups is 1. The molecule has 0 aliphatic rings. The highest BCUT2D eigenvalue weighted by molar-refractivity contribution is 14.1. The van der Waals surface area contributed by atoms with Gasteiger partial charge in [-0.05, 0) is 52.4 Å². The molecule has 3 nitrogen and oxygen atoms in total. The Bertz CT molecular complexity index is 719. The van der Waals surface area contributed by atoms with Crippen LogP contribution in [0.15, 0.2) is 48.5 Å². The van der Waals surface area contributed by atoms with Crippen LogP contribution in [0.1, 0.15) is 5.56 Å². The van der Waals surface area contributed by atoms with Crippen molar-refractivity contribution in [1.29, 1.82) is 0 Å². The Kier molecular flexibility index (Phi) is 3.98. The minimum atomic E-state index is 0.148. The van der Waals surface area contributed by atoms with Crippen molar-refractivity contribution in [3.63, 3.8) is 0 Å². The van der Waals surface area contributed by atoms with Gasteiger partial charge in [0.25, 0.3) is 0 Å². The molecule has 1 aromatic heterocycles. The highest BCUT2D eigenvalue weighted by Crippen LogP contribution is 2.28. The molecule has 0 unspecified atom stereocenters. The summed E-state index contributed by atoms with van der Waals surface area (Å²) in [4.78, 5) is 15.6. The molecular weight excluding hydrogens is 383 g/mol. The minimum absolute atomic E-state index is 0.148. The smallest absolute Gasteiger partial charge is 0.196 e. The quantitative estimate of drug-likeness (QED) is 0.522. The zero-order chi connectivity index (χ0) is 13.9. The molecule has 0 fully saturated rings. The summed E-state index contributed by atoms with van der Waals surface area (Å²) in [5.74, 6) is 0. The van der Waals surface area contributed by atoms with E-state index in [0.29, 0.717) is 6.42 Å². The second-order valence-corrected chi connectivity index (χ2v) is 6.57. The third-order valence-electron chi connectivity index (χ3n) is 2.84. The highest BCUT2D eigenvalue weighted by atomic mass is 127. The van der Waals surface area contributed by atoms with Gasteiger partial charge in [-0.3, -0.25) is 4.79 Å². The topological polar surface area (TPSA) is 42.0 Å². The van der Waals surface area contributed by atoms with Crippen molar-refractivity contribution in [3.8, 4) is 0 Å². The third kappa shape index (κ3) is 3.16. The Morgan fingerprint density at radius 1 is 1.15 bits per heavy atom. The Morgan fingerprint density at radius 2 is 1.90 bits per heavy atom. The van der Waals surface area contributed by atoms with E-state index >= 15 is 0 Å². The molecule has 1 N–H and O–H groups in total. The van der Waals surface area contributed by atoms with E-state index < -0.39 is 0 Å². The van der Waals surface area contributed by atoms with Crippen LogP contribution in [0.4, 0.5) is 10.8 Å². The first-order chi connectivity index (χ1) is 9.70. The van der Waals surface area contributed by atoms with Gasteiger partial charge in [0, 0.05) is 12.1 Å². The minimum Gasteiger partial charge on any atom is -0.332 e. The largest absolute Gasteiger partial charge is 0.332 e. The molecule has 3 aromatic rings. The number of benzene rings is 2. The van der Waals surface area contributed by atoms with Gasteiger partial charge in [-0.25, -0.2) is 4.98 Å². The molecule has 0 spiro atoms. The average molecular weight is 394 g/mol. The lowest BCUT2D eigenvalue weighted by Crippen LogP contribution is -1.94. The zero-order valence-corrected chi connectivity index (χ0v) is 13.4. The first-order valence-electron chi connectivity index (χ1n) is 6.10. The molecule has 0 saturated carbocycles. The van der Waals surface area contributed by atoms with Crippen LogP contribution in [-0.4, -0.2) is 8.77 Å². The summed E-state index contributed by atoms with van der Waals surface area (Å²) in [6.45, 7) is 0. The van der Waals surface area contributed by atoms with Gasteiger partial charge >= 0.3 is 0 Å². The Hall–Kier alpha value is -1.47. The number of anilines is 2. The molecule has 0 radical (unpaired) electrons. The number of thiazole rings is 1. The van der Waals surface area contributed by atoms with E-state index in [1.807, 2.05) is 65.1 Å². The number of para-hydroxylation sites is 1. The third-order valence-corrected chi connectivity index (χ3v) is 4.18. The Balaban J connectivity index is 1.78. The maximum atomic E-state index is 11.1. The van der Waals surface area contributed by atoms with Crippen LogP contribution in [0.2, 0.25) is 0 Å². The van der Waals surface area contributed by atoms with Crippen molar-refractivity contribution in [2.75, 3.05) is 5.32 Å². The summed E-state index contributed by atoms with van der Waals surface area (Å²) >= 11 is 3.45. The van der Waals surface area contributed by atoms with Crippen LogP contribution < -0.4 is 5.32 Å². The number of hydrogen-bond acceptors (Lipinski definition) is 4. The second kappa shape index (κ2) is 5.88. The van der Waals surface area contributed by atoms with E-state index in [4.69, 9.17) is 0 Å². The fraction of sp³-hybridized carbons (Fsp3) is 0.0667. The van der Waals surface area contributed by atoms with Gasteiger partial charge in [-0.15, -0.1) is 0 Å². The molecule has 20 heavy (non-hydrogen) atoms. The van der Waals surface area contributed by atoms with Crippen LogP contribution in [0.25, 0.3) is 10.2 Å². The predicted molar refractivity (Wildman–Crippen MR) is 92.1 cm³/mol. The number of carbonyl (C=O) groups excluding carboxylic acids is 1. The van der Waals surface area contributed by atoms with Gasteiger partial charge in [-0.2, -0.15) is 0 Å². The first kappa shape index (κ1) is 13.5. The fourth-order valence-corrected chi connectivity index (χ4v) is 3.24. The maximum absolute atomic E-state index is 11.1. The molecule has 0 aliphatic carbocycles. The predicted octanol–water partition coefficient (Wildman–Crippen LogP) is 4.54. The number of rotatable bonds is 4. The van der Waals surface area contributed by atoms with Crippen molar-refractivity contribution < 1.29 is 4.79 Å². The Labute approximate surface area is 134 Å². The van der Waals surface area contributed by atoms with Crippen molar-refractivity contribution in [3.05, 3.63) is 54.1 Å². The van der Waals surface area contributed by atoms with Crippen molar-refractivity contribution in [1.82, 2.24) is 4.98 Å². The van der Waals surface area contributed by atoms with E-state index in [1.165, 1.54) is 4.70 Å². The SMILES string of the molecule is O=C(I)Cc1ccc(Nc2nc3ccccc3s2)cc1. The van der Waals surface area contributed by atoms with Gasteiger partial charge in [-0.1, -0.05) is 35.6 Å². The number of hydrogen-bond donors (Lipinski definition) is 1. The normalized spacial score (nSPS) is 10.7. The van der Waals surface area contributed by atoms with Crippen LogP contribution >= 0.6 is 33.9 Å². The lowest BCUT2D eigenvalue weighted by Gasteiger charge is -2.03. The highest BCUT2D eigenvalue weighted by Gasteiger charge is 2.04. The molecule has 0 atom stereocenters. The number of nitrogens with zero attached hydrogens (tertiary/aromatic N) is 1. The van der Waals surface area contributed by atoms with Gasteiger partial charge < -0.3 is 5.32 Å². The lowest BCUT2D eigenvalue weighted by atomic mass is 10.1.